The maximum absolute atomic E-state index is 10.8. The molecule has 1 aromatic rings. The van der Waals surface area contributed by atoms with E-state index in [0.29, 0.717) is 0 Å². The van der Waals surface area contributed by atoms with E-state index in [9.17, 15) is 10.1 Å². The second-order valence-corrected chi connectivity index (χ2v) is 4.11. The molecule has 7 heteroatoms. The van der Waals surface area contributed by atoms with Crippen LogP contribution >= 0.6 is 12.4 Å². The van der Waals surface area contributed by atoms with Crippen LogP contribution in [0.15, 0.2) is 18.2 Å². The highest BCUT2D eigenvalue weighted by Crippen LogP contribution is 2.32. The van der Waals surface area contributed by atoms with Crippen LogP contribution in [-0.4, -0.2) is 31.2 Å². The van der Waals surface area contributed by atoms with Crippen molar-refractivity contribution in [3.05, 3.63) is 28.3 Å². The van der Waals surface area contributed by atoms with E-state index in [4.69, 9.17) is 10.5 Å². The minimum atomic E-state index is -0.446. The molecule has 2 N–H and O–H groups in total. The highest BCUT2D eigenvalue weighted by molar-refractivity contribution is 5.85. The number of benzene rings is 1. The molecule has 1 fully saturated rings. The Hall–Kier alpha value is -1.53. The fourth-order valence-electron chi connectivity index (χ4n) is 2.04. The Labute approximate surface area is 111 Å². The molecule has 0 radical (unpaired) electrons. The van der Waals surface area contributed by atoms with Crippen molar-refractivity contribution >= 4 is 23.8 Å². The molecule has 100 valence electrons. The Balaban J connectivity index is 0.00000162. The summed E-state index contributed by atoms with van der Waals surface area (Å²) in [6, 6.07) is 5.07. The smallest absolute Gasteiger partial charge is 0.311 e. The lowest BCUT2D eigenvalue weighted by molar-refractivity contribution is -0.385. The molecule has 1 unspecified atom stereocenters. The van der Waals surface area contributed by atoms with Gasteiger partial charge in [0.2, 0.25) is 0 Å². The Morgan fingerprint density at radius 3 is 2.78 bits per heavy atom. The Morgan fingerprint density at radius 2 is 2.28 bits per heavy atom. The van der Waals surface area contributed by atoms with Crippen molar-refractivity contribution in [1.29, 1.82) is 0 Å². The van der Waals surface area contributed by atoms with Gasteiger partial charge >= 0.3 is 5.69 Å². The maximum atomic E-state index is 10.8. The van der Waals surface area contributed by atoms with Crippen LogP contribution in [0.2, 0.25) is 0 Å². The van der Waals surface area contributed by atoms with Gasteiger partial charge in [-0.1, -0.05) is 0 Å². The molecule has 1 heterocycles. The first-order valence-electron chi connectivity index (χ1n) is 5.45. The molecule has 0 bridgehead atoms. The van der Waals surface area contributed by atoms with Crippen molar-refractivity contribution in [2.75, 3.05) is 25.1 Å². The van der Waals surface area contributed by atoms with Crippen LogP contribution in [0, 0.1) is 10.1 Å². The van der Waals surface area contributed by atoms with Gasteiger partial charge < -0.3 is 15.4 Å². The Bertz CT molecular complexity index is 442. The monoisotopic (exact) mass is 273 g/mol. The first kappa shape index (κ1) is 14.5. The van der Waals surface area contributed by atoms with Gasteiger partial charge in [-0.05, 0) is 12.5 Å². The van der Waals surface area contributed by atoms with Crippen LogP contribution in [0.5, 0.6) is 5.75 Å². The van der Waals surface area contributed by atoms with Gasteiger partial charge in [-0.15, -0.1) is 12.4 Å². The van der Waals surface area contributed by atoms with E-state index >= 15 is 0 Å². The molecular formula is C11H16ClN3O3. The Kier molecular flexibility index (Phi) is 4.75. The van der Waals surface area contributed by atoms with Crippen molar-refractivity contribution in [2.45, 2.75) is 12.5 Å². The predicted molar refractivity (Wildman–Crippen MR) is 71.7 cm³/mol. The van der Waals surface area contributed by atoms with Crippen molar-refractivity contribution in [3.8, 4) is 5.75 Å². The van der Waals surface area contributed by atoms with Gasteiger partial charge in [0, 0.05) is 37.0 Å². The van der Waals surface area contributed by atoms with Gasteiger partial charge in [0.15, 0.2) is 5.75 Å². The van der Waals surface area contributed by atoms with E-state index in [-0.39, 0.29) is 29.9 Å². The van der Waals surface area contributed by atoms with Crippen LogP contribution in [0.4, 0.5) is 11.4 Å². The summed E-state index contributed by atoms with van der Waals surface area (Å²) >= 11 is 0. The summed E-state index contributed by atoms with van der Waals surface area (Å²) in [5.74, 6) is 0.285. The fourth-order valence-corrected chi connectivity index (χ4v) is 2.04. The molecular weight excluding hydrogens is 258 g/mol. The number of anilines is 1. The van der Waals surface area contributed by atoms with Crippen molar-refractivity contribution < 1.29 is 9.66 Å². The van der Waals surface area contributed by atoms with Gasteiger partial charge in [0.05, 0.1) is 12.0 Å². The van der Waals surface area contributed by atoms with Crippen molar-refractivity contribution in [1.82, 2.24) is 0 Å². The van der Waals surface area contributed by atoms with E-state index < -0.39 is 4.92 Å². The maximum Gasteiger partial charge on any atom is 0.311 e. The number of halogens is 1. The molecule has 1 aliphatic heterocycles. The highest BCUT2D eigenvalue weighted by Gasteiger charge is 2.22. The quantitative estimate of drug-likeness (QED) is 0.668. The van der Waals surface area contributed by atoms with E-state index in [0.717, 1.165) is 25.2 Å². The van der Waals surface area contributed by atoms with Crippen LogP contribution in [0.1, 0.15) is 6.42 Å². The molecule has 1 saturated heterocycles. The van der Waals surface area contributed by atoms with Crippen molar-refractivity contribution in [3.63, 3.8) is 0 Å². The third-order valence-electron chi connectivity index (χ3n) is 2.95. The number of nitro benzene ring substituents is 1. The third-order valence-corrected chi connectivity index (χ3v) is 2.95. The normalized spacial score (nSPS) is 18.3. The first-order valence-corrected chi connectivity index (χ1v) is 5.45. The number of ether oxygens (including phenoxy) is 1. The lowest BCUT2D eigenvalue weighted by Gasteiger charge is -2.18. The zero-order valence-electron chi connectivity index (χ0n) is 10.0. The molecule has 1 aliphatic rings. The molecule has 0 aliphatic carbocycles. The molecule has 0 aromatic heterocycles. The van der Waals surface area contributed by atoms with Gasteiger partial charge in [-0.3, -0.25) is 10.1 Å². The average molecular weight is 274 g/mol. The van der Waals surface area contributed by atoms with Crippen LogP contribution in [0.25, 0.3) is 0 Å². The third kappa shape index (κ3) is 2.83. The second kappa shape index (κ2) is 5.88. The predicted octanol–water partition coefficient (Wildman–Crippen LogP) is 1.56. The number of hydrogen-bond acceptors (Lipinski definition) is 5. The minimum Gasteiger partial charge on any atom is -0.490 e. The van der Waals surface area contributed by atoms with Gasteiger partial charge in [-0.2, -0.15) is 0 Å². The van der Waals surface area contributed by atoms with Crippen LogP contribution in [0.3, 0.4) is 0 Å². The molecule has 0 saturated carbocycles. The fraction of sp³-hybridized carbons (Fsp3) is 0.455. The number of nitrogens with zero attached hydrogens (tertiary/aromatic N) is 2. The van der Waals surface area contributed by atoms with E-state index in [1.807, 2.05) is 0 Å². The highest BCUT2D eigenvalue weighted by atomic mass is 35.5. The number of methoxy groups -OCH3 is 1. The molecule has 18 heavy (non-hydrogen) atoms. The summed E-state index contributed by atoms with van der Waals surface area (Å²) in [7, 11) is 1.43. The molecule has 0 amide bonds. The summed E-state index contributed by atoms with van der Waals surface area (Å²) in [5.41, 5.74) is 6.73. The first-order chi connectivity index (χ1) is 8.11. The molecule has 0 spiro atoms. The summed E-state index contributed by atoms with van der Waals surface area (Å²) in [4.78, 5) is 12.4. The zero-order valence-corrected chi connectivity index (χ0v) is 10.9. The number of nitro groups is 1. The summed E-state index contributed by atoms with van der Waals surface area (Å²) < 4.78 is 5.03. The molecule has 6 nitrogen and oxygen atoms in total. The molecule has 1 aromatic carbocycles. The van der Waals surface area contributed by atoms with Crippen LogP contribution < -0.4 is 15.4 Å². The molecule has 1 atom stereocenters. The van der Waals surface area contributed by atoms with E-state index in [1.165, 1.54) is 13.2 Å². The topological polar surface area (TPSA) is 81.6 Å². The van der Waals surface area contributed by atoms with Gasteiger partial charge in [-0.25, -0.2) is 0 Å². The standard InChI is InChI=1S/C11H15N3O3.ClH/c1-17-11-6-9(2-3-10(11)14(15)16)13-5-4-8(12)7-13;/h2-3,6,8H,4-5,7,12H2,1H3;1H. The number of nitrogens with two attached hydrogens (primary N) is 1. The van der Waals surface area contributed by atoms with E-state index in [1.54, 1.807) is 12.1 Å². The minimum absolute atomic E-state index is 0. The summed E-state index contributed by atoms with van der Waals surface area (Å²) in [5, 5.41) is 10.8. The largest absolute Gasteiger partial charge is 0.490 e. The summed E-state index contributed by atoms with van der Waals surface area (Å²) in [6.45, 7) is 1.66. The lowest BCUT2D eigenvalue weighted by Crippen LogP contribution is -2.26. The van der Waals surface area contributed by atoms with Gasteiger partial charge in [0.1, 0.15) is 0 Å². The number of hydrogen-bond donors (Lipinski definition) is 1. The second-order valence-electron chi connectivity index (χ2n) is 4.11. The number of rotatable bonds is 3. The van der Waals surface area contributed by atoms with Gasteiger partial charge in [0.25, 0.3) is 0 Å². The molecule has 2 rings (SSSR count). The van der Waals surface area contributed by atoms with E-state index in [2.05, 4.69) is 4.90 Å². The SMILES string of the molecule is COc1cc(N2CCC(N)C2)ccc1[N+](=O)[O-].Cl. The van der Waals surface area contributed by atoms with Crippen LogP contribution in [-0.2, 0) is 0 Å². The van der Waals surface area contributed by atoms with Crippen molar-refractivity contribution in [2.24, 2.45) is 5.73 Å². The lowest BCUT2D eigenvalue weighted by atomic mass is 10.2. The average Bonchev–Trinajstić information content (AvgIpc) is 2.75. The Morgan fingerprint density at radius 1 is 1.56 bits per heavy atom. The summed E-state index contributed by atoms with van der Waals surface area (Å²) in [6.07, 6.45) is 0.944. The zero-order chi connectivity index (χ0) is 12.4.